The average Bonchev–Trinajstić information content (AvgIpc) is 2.90. The van der Waals surface area contributed by atoms with Crippen LogP contribution in [0.25, 0.3) is 11.4 Å². The summed E-state index contributed by atoms with van der Waals surface area (Å²) in [6, 6.07) is 0. The van der Waals surface area contributed by atoms with Gasteiger partial charge in [-0.3, -0.25) is 0 Å². The number of nitrogens with one attached hydrogen (secondary N) is 1. The number of anilines is 1. The van der Waals surface area contributed by atoms with Crippen LogP contribution in [0.3, 0.4) is 0 Å². The lowest BCUT2D eigenvalue weighted by atomic mass is 10.1. The molecule has 2 aromatic rings. The van der Waals surface area contributed by atoms with Gasteiger partial charge in [-0.05, 0) is 19.8 Å². The molecule has 0 aliphatic carbocycles. The van der Waals surface area contributed by atoms with Crippen molar-refractivity contribution in [3.8, 4) is 11.4 Å². The van der Waals surface area contributed by atoms with Gasteiger partial charge in [-0.1, -0.05) is 25.5 Å². The number of nitrogens with zero attached hydrogens (tertiary/aromatic N) is 5. The monoisotopic (exact) mass is 274 g/mol. The van der Waals surface area contributed by atoms with E-state index in [1.54, 1.807) is 12.5 Å². The van der Waals surface area contributed by atoms with Gasteiger partial charge in [0.2, 0.25) is 0 Å². The van der Waals surface area contributed by atoms with Gasteiger partial charge in [0.15, 0.2) is 0 Å². The van der Waals surface area contributed by atoms with Gasteiger partial charge in [0.05, 0.1) is 11.9 Å². The lowest BCUT2D eigenvalue weighted by Gasteiger charge is -2.13. The Morgan fingerprint density at radius 2 is 2.00 bits per heavy atom. The Hall–Kier alpha value is -1.98. The fourth-order valence-corrected chi connectivity index (χ4v) is 2.26. The quantitative estimate of drug-likeness (QED) is 0.840. The van der Waals surface area contributed by atoms with Crippen LogP contribution in [0.1, 0.15) is 39.2 Å². The number of aryl methyl sites for hydroxylation is 1. The van der Waals surface area contributed by atoms with Gasteiger partial charge >= 0.3 is 0 Å². The van der Waals surface area contributed by atoms with Crippen molar-refractivity contribution in [1.82, 2.24) is 25.0 Å². The van der Waals surface area contributed by atoms with E-state index in [9.17, 15) is 0 Å². The van der Waals surface area contributed by atoms with Crippen LogP contribution in [0.2, 0.25) is 0 Å². The Kier molecular flexibility index (Phi) is 5.03. The highest BCUT2D eigenvalue weighted by molar-refractivity contribution is 5.65. The van der Waals surface area contributed by atoms with Crippen LogP contribution < -0.4 is 5.32 Å². The first-order valence-corrected chi connectivity index (χ1v) is 7.28. The highest BCUT2D eigenvalue weighted by Gasteiger charge is 2.16. The predicted molar refractivity (Wildman–Crippen MR) is 79.5 cm³/mol. The van der Waals surface area contributed by atoms with E-state index < -0.39 is 0 Å². The molecule has 20 heavy (non-hydrogen) atoms. The van der Waals surface area contributed by atoms with Crippen molar-refractivity contribution in [2.45, 2.75) is 46.6 Å². The molecule has 0 amide bonds. The van der Waals surface area contributed by atoms with E-state index in [-0.39, 0.29) is 0 Å². The molecule has 0 saturated carbocycles. The van der Waals surface area contributed by atoms with Crippen molar-refractivity contribution in [2.75, 3.05) is 11.9 Å². The predicted octanol–water partition coefficient (Wildman–Crippen LogP) is 2.53. The van der Waals surface area contributed by atoms with Crippen molar-refractivity contribution < 1.29 is 0 Å². The lowest BCUT2D eigenvalue weighted by molar-refractivity contribution is 0.583. The van der Waals surface area contributed by atoms with Gasteiger partial charge in [0, 0.05) is 18.7 Å². The summed E-state index contributed by atoms with van der Waals surface area (Å²) < 4.78 is 1.91. The minimum absolute atomic E-state index is 0.847. The second-order valence-corrected chi connectivity index (χ2v) is 4.67. The van der Waals surface area contributed by atoms with E-state index in [0.717, 1.165) is 55.1 Å². The zero-order valence-corrected chi connectivity index (χ0v) is 12.4. The third-order valence-corrected chi connectivity index (χ3v) is 3.09. The first kappa shape index (κ1) is 14.4. The highest BCUT2D eigenvalue weighted by atomic mass is 15.4. The normalized spacial score (nSPS) is 10.8. The fraction of sp³-hybridized carbons (Fsp3) is 0.571. The molecule has 0 saturated heterocycles. The van der Waals surface area contributed by atoms with Gasteiger partial charge in [-0.15, -0.1) is 5.10 Å². The number of hydrogen-bond donors (Lipinski definition) is 1. The maximum absolute atomic E-state index is 4.47. The Morgan fingerprint density at radius 3 is 2.70 bits per heavy atom. The zero-order valence-electron chi connectivity index (χ0n) is 12.4. The molecule has 0 radical (unpaired) electrons. The van der Waals surface area contributed by atoms with Crippen molar-refractivity contribution in [2.24, 2.45) is 0 Å². The molecule has 0 fully saturated rings. The second kappa shape index (κ2) is 6.98. The van der Waals surface area contributed by atoms with Crippen molar-refractivity contribution in [1.29, 1.82) is 0 Å². The molecule has 0 atom stereocenters. The number of rotatable bonds is 7. The molecule has 0 unspecified atom stereocenters. The van der Waals surface area contributed by atoms with E-state index in [1.165, 1.54) is 0 Å². The van der Waals surface area contributed by atoms with Gasteiger partial charge in [0.1, 0.15) is 17.8 Å². The zero-order chi connectivity index (χ0) is 14.4. The van der Waals surface area contributed by atoms with E-state index in [1.807, 2.05) is 4.68 Å². The molecule has 0 aliphatic heterocycles. The molecule has 6 nitrogen and oxygen atoms in total. The molecule has 0 bridgehead atoms. The average molecular weight is 274 g/mol. The van der Waals surface area contributed by atoms with Gasteiger partial charge in [-0.25, -0.2) is 14.6 Å². The maximum atomic E-state index is 4.47. The molecule has 2 heterocycles. The Bertz CT molecular complexity index is 548. The molecule has 0 aliphatic rings. The van der Waals surface area contributed by atoms with E-state index >= 15 is 0 Å². The Labute approximate surface area is 119 Å². The van der Waals surface area contributed by atoms with Crippen LogP contribution in [0.4, 0.5) is 5.82 Å². The molecular formula is C14H22N6. The molecule has 1 N–H and O–H groups in total. The third-order valence-electron chi connectivity index (χ3n) is 3.09. The maximum Gasteiger partial charge on any atom is 0.133 e. The minimum atomic E-state index is 0.847. The third kappa shape index (κ3) is 2.95. The van der Waals surface area contributed by atoms with Gasteiger partial charge in [-0.2, -0.15) is 0 Å². The summed E-state index contributed by atoms with van der Waals surface area (Å²) in [4.78, 5) is 8.83. The molecule has 2 aromatic heterocycles. The van der Waals surface area contributed by atoms with Gasteiger partial charge < -0.3 is 5.32 Å². The number of aromatic nitrogens is 5. The van der Waals surface area contributed by atoms with Crippen molar-refractivity contribution in [3.63, 3.8) is 0 Å². The lowest BCUT2D eigenvalue weighted by Crippen LogP contribution is -2.09. The summed E-state index contributed by atoms with van der Waals surface area (Å²) in [6.07, 6.45) is 6.40. The summed E-state index contributed by atoms with van der Waals surface area (Å²) in [5.74, 6) is 0.920. The first-order chi connectivity index (χ1) is 9.81. The van der Waals surface area contributed by atoms with E-state index in [4.69, 9.17) is 0 Å². The van der Waals surface area contributed by atoms with E-state index in [2.05, 4.69) is 46.4 Å². The fourth-order valence-electron chi connectivity index (χ4n) is 2.26. The molecular weight excluding hydrogens is 252 g/mol. The summed E-state index contributed by atoms with van der Waals surface area (Å²) >= 11 is 0. The first-order valence-electron chi connectivity index (χ1n) is 7.28. The highest BCUT2D eigenvalue weighted by Crippen LogP contribution is 2.26. The van der Waals surface area contributed by atoms with Crippen LogP contribution in [-0.4, -0.2) is 31.5 Å². The van der Waals surface area contributed by atoms with Crippen LogP contribution >= 0.6 is 0 Å². The SMILES string of the molecule is CCCc1c(NCC)ncnc1-c1cnnn1CCC. The molecule has 0 spiro atoms. The largest absolute Gasteiger partial charge is 0.370 e. The molecule has 6 heteroatoms. The Morgan fingerprint density at radius 1 is 1.15 bits per heavy atom. The molecule has 0 aromatic carbocycles. The number of hydrogen-bond acceptors (Lipinski definition) is 5. The van der Waals surface area contributed by atoms with Gasteiger partial charge in [0.25, 0.3) is 0 Å². The van der Waals surface area contributed by atoms with Crippen LogP contribution in [-0.2, 0) is 13.0 Å². The summed E-state index contributed by atoms with van der Waals surface area (Å²) in [7, 11) is 0. The Balaban J connectivity index is 2.48. The molecule has 108 valence electrons. The van der Waals surface area contributed by atoms with E-state index in [0.29, 0.717) is 0 Å². The van der Waals surface area contributed by atoms with Crippen molar-refractivity contribution >= 4 is 5.82 Å². The summed E-state index contributed by atoms with van der Waals surface area (Å²) in [5.41, 5.74) is 3.06. The van der Waals surface area contributed by atoms with Crippen LogP contribution in [0.5, 0.6) is 0 Å². The molecule has 2 rings (SSSR count). The second-order valence-electron chi connectivity index (χ2n) is 4.67. The minimum Gasteiger partial charge on any atom is -0.370 e. The van der Waals surface area contributed by atoms with Crippen LogP contribution in [0, 0.1) is 0 Å². The standard InChI is InChI=1S/C14H22N6/c1-4-7-11-13(16-10-17-14(11)15-6-3)12-9-18-19-20(12)8-5-2/h9-10H,4-8H2,1-3H3,(H,15,16,17). The summed E-state index contributed by atoms with van der Waals surface area (Å²) in [6.45, 7) is 8.05. The topological polar surface area (TPSA) is 68.5 Å². The summed E-state index contributed by atoms with van der Waals surface area (Å²) in [5, 5.41) is 11.5. The van der Waals surface area contributed by atoms with Crippen molar-refractivity contribution in [3.05, 3.63) is 18.1 Å². The smallest absolute Gasteiger partial charge is 0.133 e. The van der Waals surface area contributed by atoms with Crippen LogP contribution in [0.15, 0.2) is 12.5 Å².